The average Bonchev–Trinajstić information content (AvgIpc) is 1.58. The van der Waals surface area contributed by atoms with E-state index in [1.54, 1.807) is 27.7 Å². The van der Waals surface area contributed by atoms with Crippen LogP contribution in [-0.2, 0) is 0 Å². The fourth-order valence-electron chi connectivity index (χ4n) is 0.788. The lowest BCUT2D eigenvalue weighted by molar-refractivity contribution is -0.139. The van der Waals surface area contributed by atoms with E-state index in [9.17, 15) is 10.2 Å². The Kier molecular flexibility index (Phi) is 2.49. The van der Waals surface area contributed by atoms with E-state index < -0.39 is 16.5 Å². The van der Waals surface area contributed by atoms with E-state index in [1.807, 2.05) is 0 Å². The Labute approximate surface area is 70.0 Å². The first kappa shape index (κ1) is 11.0. The third kappa shape index (κ3) is 1.97. The molecule has 3 heteroatoms. The molecule has 0 bridgehead atoms. The van der Waals surface area contributed by atoms with Crippen molar-refractivity contribution in [3.63, 3.8) is 0 Å². The Hall–Kier alpha value is -0.0151. The molecule has 0 aromatic carbocycles. The molecular formula is C8H17BO2. The molecule has 0 amide bonds. The molecule has 0 aromatic heterocycles. The summed E-state index contributed by atoms with van der Waals surface area (Å²) in [5.41, 5.74) is -2.48. The van der Waals surface area contributed by atoms with Crippen molar-refractivity contribution in [2.45, 2.75) is 51.1 Å². The van der Waals surface area contributed by atoms with E-state index in [-0.39, 0.29) is 0 Å². The summed E-state index contributed by atoms with van der Waals surface area (Å²) in [4.78, 5) is 0. The van der Waals surface area contributed by atoms with Crippen LogP contribution in [0.2, 0.25) is 5.31 Å². The number of aliphatic hydroxyl groups is 2. The SMILES string of the molecule is [B]C(C)(C)C(C)(O)C(C)(C)O. The van der Waals surface area contributed by atoms with Crippen LogP contribution in [0.15, 0.2) is 0 Å². The van der Waals surface area contributed by atoms with Crippen LogP contribution in [-0.4, -0.2) is 29.3 Å². The molecule has 64 valence electrons. The predicted octanol–water partition coefficient (Wildman–Crippen LogP) is 0.875. The molecule has 0 spiro atoms. The van der Waals surface area contributed by atoms with Gasteiger partial charge in [-0.2, -0.15) is 0 Å². The normalized spacial score (nSPS) is 19.5. The van der Waals surface area contributed by atoms with Gasteiger partial charge in [0.1, 0.15) is 0 Å². The van der Waals surface area contributed by atoms with Crippen molar-refractivity contribution < 1.29 is 10.2 Å². The van der Waals surface area contributed by atoms with Gasteiger partial charge < -0.3 is 10.2 Å². The molecular weight excluding hydrogens is 139 g/mol. The van der Waals surface area contributed by atoms with Crippen LogP contribution in [0.3, 0.4) is 0 Å². The van der Waals surface area contributed by atoms with E-state index >= 15 is 0 Å². The smallest absolute Gasteiger partial charge is 0.0872 e. The summed E-state index contributed by atoms with van der Waals surface area (Å²) in [6.45, 7) is 7.99. The topological polar surface area (TPSA) is 40.5 Å². The zero-order valence-electron chi connectivity index (χ0n) is 7.97. The molecule has 11 heavy (non-hydrogen) atoms. The van der Waals surface area contributed by atoms with Crippen molar-refractivity contribution in [1.82, 2.24) is 0 Å². The standard InChI is InChI=1S/C8H17BO2/c1-6(2,9)8(5,11)7(3,4)10/h10-11H,1-5H3. The fourth-order valence-corrected chi connectivity index (χ4v) is 0.788. The van der Waals surface area contributed by atoms with Crippen LogP contribution in [0.25, 0.3) is 0 Å². The van der Waals surface area contributed by atoms with Gasteiger partial charge in [0.15, 0.2) is 0 Å². The number of rotatable bonds is 2. The lowest BCUT2D eigenvalue weighted by atomic mass is 9.56. The van der Waals surface area contributed by atoms with Gasteiger partial charge in [-0.25, -0.2) is 0 Å². The summed E-state index contributed by atoms with van der Waals surface area (Å²) >= 11 is 0. The first-order chi connectivity index (χ1) is 4.50. The summed E-state index contributed by atoms with van der Waals surface area (Å²) in [5, 5.41) is 18.5. The first-order valence-corrected chi connectivity index (χ1v) is 3.74. The number of hydrogen-bond acceptors (Lipinski definition) is 2. The third-order valence-corrected chi connectivity index (χ3v) is 2.45. The molecule has 1 unspecified atom stereocenters. The summed E-state index contributed by atoms with van der Waals surface area (Å²) in [5.74, 6) is 0. The van der Waals surface area contributed by atoms with Crippen LogP contribution in [0.5, 0.6) is 0 Å². The Morgan fingerprint density at radius 3 is 1.18 bits per heavy atom. The zero-order valence-corrected chi connectivity index (χ0v) is 7.97. The fraction of sp³-hybridized carbons (Fsp3) is 1.00. The van der Waals surface area contributed by atoms with Crippen molar-refractivity contribution in [2.75, 3.05) is 0 Å². The lowest BCUT2D eigenvalue weighted by Crippen LogP contribution is -2.54. The van der Waals surface area contributed by atoms with Gasteiger partial charge in [-0.1, -0.05) is 13.8 Å². The van der Waals surface area contributed by atoms with Crippen LogP contribution in [0.1, 0.15) is 34.6 Å². The molecule has 0 fully saturated rings. The molecule has 1 atom stereocenters. The third-order valence-electron chi connectivity index (χ3n) is 2.45. The second kappa shape index (κ2) is 2.49. The maximum atomic E-state index is 9.81. The van der Waals surface area contributed by atoms with Crippen LogP contribution in [0, 0.1) is 0 Å². The first-order valence-electron chi connectivity index (χ1n) is 3.74. The maximum Gasteiger partial charge on any atom is 0.0872 e. The molecule has 2 N–H and O–H groups in total. The van der Waals surface area contributed by atoms with E-state index in [1.165, 1.54) is 6.92 Å². The Balaban J connectivity index is 4.75. The molecule has 0 aromatic rings. The maximum absolute atomic E-state index is 9.81. The zero-order chi connectivity index (χ0) is 9.50. The van der Waals surface area contributed by atoms with Crippen LogP contribution < -0.4 is 0 Å². The van der Waals surface area contributed by atoms with E-state index in [4.69, 9.17) is 7.85 Å². The largest absolute Gasteiger partial charge is 0.387 e. The Morgan fingerprint density at radius 1 is 0.909 bits per heavy atom. The predicted molar refractivity (Wildman–Crippen MR) is 46.7 cm³/mol. The number of hydrogen-bond donors (Lipinski definition) is 2. The molecule has 2 radical (unpaired) electrons. The average molecular weight is 156 g/mol. The van der Waals surface area contributed by atoms with Crippen molar-refractivity contribution in [3.8, 4) is 0 Å². The molecule has 0 aliphatic rings. The molecule has 0 saturated carbocycles. The molecule has 0 aliphatic carbocycles. The monoisotopic (exact) mass is 156 g/mol. The van der Waals surface area contributed by atoms with Crippen molar-refractivity contribution in [1.29, 1.82) is 0 Å². The Bertz CT molecular complexity index is 123. The molecule has 0 rings (SSSR count). The molecule has 0 saturated heterocycles. The Morgan fingerprint density at radius 2 is 1.18 bits per heavy atom. The van der Waals surface area contributed by atoms with Gasteiger partial charge in [0.05, 0.1) is 19.0 Å². The minimum absolute atomic E-state index is 0.814. The van der Waals surface area contributed by atoms with Gasteiger partial charge in [-0.15, -0.1) is 0 Å². The summed E-state index contributed by atoms with van der Waals surface area (Å²) in [7, 11) is 5.69. The van der Waals surface area contributed by atoms with Crippen molar-refractivity contribution >= 4 is 7.85 Å². The minimum Gasteiger partial charge on any atom is -0.387 e. The quantitative estimate of drug-likeness (QED) is 0.582. The summed E-state index contributed by atoms with van der Waals surface area (Å²) in [6, 6.07) is 0. The van der Waals surface area contributed by atoms with E-state index in [0.29, 0.717) is 0 Å². The second-order valence-electron chi connectivity index (χ2n) is 4.35. The van der Waals surface area contributed by atoms with Gasteiger partial charge in [0.25, 0.3) is 0 Å². The van der Waals surface area contributed by atoms with Crippen LogP contribution in [0.4, 0.5) is 0 Å². The highest BCUT2D eigenvalue weighted by molar-refractivity contribution is 6.15. The van der Waals surface area contributed by atoms with E-state index in [0.717, 1.165) is 0 Å². The summed E-state index contributed by atoms with van der Waals surface area (Å²) < 4.78 is 0. The summed E-state index contributed by atoms with van der Waals surface area (Å²) in [6.07, 6.45) is 0. The minimum atomic E-state index is -1.29. The lowest BCUT2D eigenvalue weighted by Gasteiger charge is -2.46. The molecule has 0 aliphatic heterocycles. The van der Waals surface area contributed by atoms with Gasteiger partial charge in [-0.05, 0) is 26.1 Å². The van der Waals surface area contributed by atoms with Crippen LogP contribution >= 0.6 is 0 Å². The van der Waals surface area contributed by atoms with Gasteiger partial charge in [0.2, 0.25) is 0 Å². The highest BCUT2D eigenvalue weighted by Gasteiger charge is 2.46. The van der Waals surface area contributed by atoms with E-state index in [2.05, 4.69) is 0 Å². The van der Waals surface area contributed by atoms with Gasteiger partial charge in [0, 0.05) is 0 Å². The molecule has 0 heterocycles. The van der Waals surface area contributed by atoms with Gasteiger partial charge >= 0.3 is 0 Å². The second-order valence-corrected chi connectivity index (χ2v) is 4.35. The highest BCUT2D eigenvalue weighted by atomic mass is 16.4. The highest BCUT2D eigenvalue weighted by Crippen LogP contribution is 2.41. The van der Waals surface area contributed by atoms with Gasteiger partial charge in [-0.3, -0.25) is 0 Å². The van der Waals surface area contributed by atoms with Crippen molar-refractivity contribution in [3.05, 3.63) is 0 Å². The molecule has 2 nitrogen and oxygen atoms in total. The van der Waals surface area contributed by atoms with Crippen molar-refractivity contribution in [2.24, 2.45) is 0 Å².